The average Bonchev–Trinajstić information content (AvgIpc) is 3.12. The Hall–Kier alpha value is -3.71. The zero-order chi connectivity index (χ0) is 23.0. The lowest BCUT2D eigenvalue weighted by atomic mass is 10.1. The van der Waals surface area contributed by atoms with Gasteiger partial charge in [-0.15, -0.1) is 0 Å². The highest BCUT2D eigenvalue weighted by Gasteiger charge is 2.36. The van der Waals surface area contributed by atoms with Crippen LogP contribution in [0, 0.1) is 0 Å². The largest absolute Gasteiger partial charge is 0.382 e. The van der Waals surface area contributed by atoms with Crippen molar-refractivity contribution in [3.63, 3.8) is 0 Å². The van der Waals surface area contributed by atoms with Gasteiger partial charge in [0.15, 0.2) is 0 Å². The Morgan fingerprint density at radius 3 is 2.76 bits per heavy atom. The lowest BCUT2D eigenvalue weighted by Gasteiger charge is -2.27. The summed E-state index contributed by atoms with van der Waals surface area (Å²) in [5.41, 5.74) is 3.74. The van der Waals surface area contributed by atoms with Crippen LogP contribution in [0.1, 0.15) is 51.5 Å². The second kappa shape index (κ2) is 10.7. The van der Waals surface area contributed by atoms with E-state index in [-0.39, 0.29) is 18.0 Å². The van der Waals surface area contributed by atoms with Crippen molar-refractivity contribution in [2.75, 3.05) is 25.1 Å². The summed E-state index contributed by atoms with van der Waals surface area (Å²) in [6.45, 7) is 4.16. The van der Waals surface area contributed by atoms with Gasteiger partial charge in [0.05, 0.1) is 12.2 Å². The van der Waals surface area contributed by atoms with E-state index in [4.69, 9.17) is 4.74 Å². The van der Waals surface area contributed by atoms with Crippen LogP contribution in [0.15, 0.2) is 72.9 Å². The number of ether oxygens (including phenoxy) is 1. The van der Waals surface area contributed by atoms with E-state index in [1.54, 1.807) is 18.3 Å². The van der Waals surface area contributed by atoms with E-state index in [1.165, 1.54) is 0 Å². The number of nitrogens with one attached hydrogen (secondary N) is 2. The van der Waals surface area contributed by atoms with Crippen molar-refractivity contribution < 1.29 is 14.3 Å². The van der Waals surface area contributed by atoms with Crippen molar-refractivity contribution in [3.05, 3.63) is 95.3 Å². The van der Waals surface area contributed by atoms with Crippen LogP contribution in [0.25, 0.3) is 0 Å². The Labute approximate surface area is 193 Å². The predicted octanol–water partition coefficient (Wildman–Crippen LogP) is 4.00. The molecule has 1 unspecified atom stereocenters. The summed E-state index contributed by atoms with van der Waals surface area (Å²) < 4.78 is 5.45. The number of fused-ring (bicyclic) bond motifs is 1. The average molecular weight is 445 g/mol. The van der Waals surface area contributed by atoms with Crippen molar-refractivity contribution in [1.82, 2.24) is 15.2 Å². The summed E-state index contributed by atoms with van der Waals surface area (Å²) in [7, 11) is 0. The minimum Gasteiger partial charge on any atom is -0.382 e. The Bertz CT molecular complexity index is 1100. The highest BCUT2D eigenvalue weighted by Crippen LogP contribution is 2.34. The smallest absolute Gasteiger partial charge is 0.256 e. The lowest BCUT2D eigenvalue weighted by Crippen LogP contribution is -2.33. The van der Waals surface area contributed by atoms with Crippen molar-refractivity contribution in [2.24, 2.45) is 0 Å². The molecule has 0 bridgehead atoms. The summed E-state index contributed by atoms with van der Waals surface area (Å²) in [4.78, 5) is 31.8. The van der Waals surface area contributed by atoms with E-state index in [0.717, 1.165) is 23.4 Å². The molecule has 1 aliphatic rings. The van der Waals surface area contributed by atoms with Gasteiger partial charge >= 0.3 is 0 Å². The molecule has 1 aliphatic heterocycles. The quantitative estimate of drug-likeness (QED) is 0.462. The minimum absolute atomic E-state index is 0.00357. The molecule has 7 heteroatoms. The van der Waals surface area contributed by atoms with E-state index in [9.17, 15) is 9.59 Å². The lowest BCUT2D eigenvalue weighted by molar-refractivity contribution is 0.0708. The molecule has 170 valence electrons. The summed E-state index contributed by atoms with van der Waals surface area (Å²) in [6, 6.07) is 20.5. The number of hydrogen-bond acceptors (Lipinski definition) is 5. The molecule has 0 saturated carbocycles. The summed E-state index contributed by atoms with van der Waals surface area (Å²) in [5, 5.41) is 6.36. The Balaban J connectivity index is 1.48. The van der Waals surface area contributed by atoms with Crippen LogP contribution in [-0.2, 0) is 11.3 Å². The molecule has 2 amide bonds. The fraction of sp³-hybridized carbons (Fsp3) is 0.269. The van der Waals surface area contributed by atoms with Gasteiger partial charge in [-0.3, -0.25) is 14.6 Å². The summed E-state index contributed by atoms with van der Waals surface area (Å²) in [6.07, 6.45) is 2.15. The highest BCUT2D eigenvalue weighted by molar-refractivity contribution is 5.99. The molecule has 1 aromatic heterocycles. The molecule has 7 nitrogen and oxygen atoms in total. The molecule has 1 atom stereocenters. The van der Waals surface area contributed by atoms with Gasteiger partial charge < -0.3 is 20.3 Å². The second-order valence-electron chi connectivity index (χ2n) is 7.77. The van der Waals surface area contributed by atoms with Crippen molar-refractivity contribution >= 4 is 17.5 Å². The molecule has 0 fully saturated rings. The molecule has 3 aromatic rings. The fourth-order valence-corrected chi connectivity index (χ4v) is 3.92. The number of aromatic nitrogens is 1. The number of benzene rings is 2. The van der Waals surface area contributed by atoms with Crippen LogP contribution >= 0.6 is 0 Å². The molecule has 0 spiro atoms. The Morgan fingerprint density at radius 1 is 1.09 bits per heavy atom. The molecule has 4 rings (SSSR count). The third kappa shape index (κ3) is 5.38. The maximum absolute atomic E-state index is 13.0. The molecular formula is C26H28N4O3. The molecule has 0 radical (unpaired) electrons. The number of pyridine rings is 1. The van der Waals surface area contributed by atoms with Gasteiger partial charge in [-0.05, 0) is 49.7 Å². The molecule has 2 N–H and O–H groups in total. The normalized spacial score (nSPS) is 14.8. The zero-order valence-electron chi connectivity index (χ0n) is 18.7. The van der Waals surface area contributed by atoms with Gasteiger partial charge in [0, 0.05) is 48.3 Å². The van der Waals surface area contributed by atoms with Crippen molar-refractivity contribution in [1.29, 1.82) is 0 Å². The topological polar surface area (TPSA) is 83.6 Å². The van der Waals surface area contributed by atoms with Crippen molar-refractivity contribution in [2.45, 2.75) is 26.1 Å². The first kappa shape index (κ1) is 22.5. The van der Waals surface area contributed by atoms with Gasteiger partial charge in [-0.2, -0.15) is 0 Å². The van der Waals surface area contributed by atoms with E-state index >= 15 is 0 Å². The number of rotatable bonds is 10. The maximum Gasteiger partial charge on any atom is 0.256 e. The number of carbonyl (C=O) groups is 2. The number of amides is 2. The number of hydrogen-bond donors (Lipinski definition) is 2. The minimum atomic E-state index is -0.304. The monoisotopic (exact) mass is 444 g/mol. The summed E-state index contributed by atoms with van der Waals surface area (Å²) >= 11 is 0. The SMILES string of the molecule is CCOCCCN1C(=O)c2ccccc2C1Nc1cccc(C(=O)NCc2ccccn2)c1. The van der Waals surface area contributed by atoms with Crippen LogP contribution in [-0.4, -0.2) is 41.5 Å². The maximum atomic E-state index is 13.0. The first-order valence-corrected chi connectivity index (χ1v) is 11.2. The van der Waals surface area contributed by atoms with Crippen molar-refractivity contribution in [3.8, 4) is 0 Å². The van der Waals surface area contributed by atoms with Crippen LogP contribution in [0.3, 0.4) is 0 Å². The van der Waals surface area contributed by atoms with Gasteiger partial charge in [-0.25, -0.2) is 0 Å². The predicted molar refractivity (Wildman–Crippen MR) is 127 cm³/mol. The van der Waals surface area contributed by atoms with Crippen LogP contribution < -0.4 is 10.6 Å². The van der Waals surface area contributed by atoms with Gasteiger partial charge in [-0.1, -0.05) is 30.3 Å². The van der Waals surface area contributed by atoms with Crippen LogP contribution in [0.2, 0.25) is 0 Å². The number of carbonyl (C=O) groups excluding carboxylic acids is 2. The van der Waals surface area contributed by atoms with Gasteiger partial charge in [0.2, 0.25) is 0 Å². The number of nitrogens with zero attached hydrogens (tertiary/aromatic N) is 2. The molecule has 2 aromatic carbocycles. The van der Waals surface area contributed by atoms with E-state index in [2.05, 4.69) is 15.6 Å². The van der Waals surface area contributed by atoms with Crippen LogP contribution in [0.5, 0.6) is 0 Å². The molecule has 0 saturated heterocycles. The summed E-state index contributed by atoms with van der Waals surface area (Å²) in [5.74, 6) is -0.176. The molecule has 0 aliphatic carbocycles. The van der Waals surface area contributed by atoms with Gasteiger partial charge in [0.1, 0.15) is 6.17 Å². The first-order valence-electron chi connectivity index (χ1n) is 11.2. The fourth-order valence-electron chi connectivity index (χ4n) is 3.92. The molecule has 2 heterocycles. The van der Waals surface area contributed by atoms with E-state index in [1.807, 2.05) is 66.4 Å². The molecular weight excluding hydrogens is 416 g/mol. The third-order valence-corrected chi connectivity index (χ3v) is 5.53. The Kier molecular flexibility index (Phi) is 7.32. The zero-order valence-corrected chi connectivity index (χ0v) is 18.7. The Morgan fingerprint density at radius 2 is 1.94 bits per heavy atom. The number of anilines is 1. The molecule has 33 heavy (non-hydrogen) atoms. The first-order chi connectivity index (χ1) is 16.2. The van der Waals surface area contributed by atoms with Crippen LogP contribution in [0.4, 0.5) is 5.69 Å². The van der Waals surface area contributed by atoms with E-state index in [0.29, 0.717) is 37.4 Å². The standard InChI is InChI=1S/C26H28N4O3/c1-2-33-16-8-15-30-24(22-12-3-4-13-23(22)26(30)32)29-20-11-7-9-19(17-20)25(31)28-18-21-10-5-6-14-27-21/h3-7,9-14,17,24,29H,2,8,15-16,18H2,1H3,(H,28,31). The van der Waals surface area contributed by atoms with E-state index < -0.39 is 0 Å². The van der Waals surface area contributed by atoms with Gasteiger partial charge in [0.25, 0.3) is 11.8 Å². The third-order valence-electron chi connectivity index (χ3n) is 5.53. The second-order valence-corrected chi connectivity index (χ2v) is 7.77. The highest BCUT2D eigenvalue weighted by atomic mass is 16.5.